The second kappa shape index (κ2) is 11.7. The maximum absolute atomic E-state index is 13.7. The zero-order chi connectivity index (χ0) is 30.1. The molecule has 0 unspecified atom stereocenters. The summed E-state index contributed by atoms with van der Waals surface area (Å²) < 4.78 is 28.8. The lowest BCUT2D eigenvalue weighted by Gasteiger charge is -2.28. The Bertz CT molecular complexity index is 1880. The minimum absolute atomic E-state index is 0.0148. The van der Waals surface area contributed by atoms with E-state index < -0.39 is 17.3 Å². The van der Waals surface area contributed by atoms with E-state index in [9.17, 15) is 14.7 Å². The molecule has 218 valence electrons. The van der Waals surface area contributed by atoms with E-state index in [0.717, 1.165) is 11.3 Å². The van der Waals surface area contributed by atoms with E-state index >= 15 is 0 Å². The number of halogens is 1. The summed E-state index contributed by atoms with van der Waals surface area (Å²) in [6.45, 7) is 0.333. The van der Waals surface area contributed by atoms with Gasteiger partial charge in [-0.3, -0.25) is 9.59 Å². The number of methoxy groups -OCH3 is 2. The summed E-state index contributed by atoms with van der Waals surface area (Å²) in [6.07, 6.45) is 1.92. The molecule has 0 aliphatic carbocycles. The molecule has 0 saturated heterocycles. The summed E-state index contributed by atoms with van der Waals surface area (Å²) in [4.78, 5) is 26.5. The average Bonchev–Trinajstić information content (AvgIpc) is 3.01. The molecule has 6 rings (SSSR count). The quantitative estimate of drug-likeness (QED) is 0.152. The number of aromatic hydroxyl groups is 1. The van der Waals surface area contributed by atoms with E-state index in [2.05, 4.69) is 0 Å². The van der Waals surface area contributed by atoms with Crippen molar-refractivity contribution in [3.8, 4) is 39.9 Å². The number of carbonyl (C=O) groups is 1. The minimum atomic E-state index is -0.616. The van der Waals surface area contributed by atoms with Crippen LogP contribution in [0.2, 0.25) is 5.02 Å². The summed E-state index contributed by atoms with van der Waals surface area (Å²) in [5, 5.41) is 11.4. The topological polar surface area (TPSA) is 104 Å². The Morgan fingerprint density at radius 1 is 0.977 bits per heavy atom. The smallest absolute Gasteiger partial charge is 0.312 e. The number of rotatable bonds is 8. The van der Waals surface area contributed by atoms with Crippen LogP contribution < -0.4 is 24.4 Å². The van der Waals surface area contributed by atoms with E-state index in [0.29, 0.717) is 46.2 Å². The van der Waals surface area contributed by atoms with Crippen LogP contribution in [0.25, 0.3) is 22.1 Å². The second-order valence-electron chi connectivity index (χ2n) is 10.1. The highest BCUT2D eigenvalue weighted by atomic mass is 35.5. The molecule has 1 aliphatic heterocycles. The van der Waals surface area contributed by atoms with E-state index in [-0.39, 0.29) is 34.5 Å². The fourth-order valence-electron chi connectivity index (χ4n) is 5.41. The molecule has 0 radical (unpaired) electrons. The van der Waals surface area contributed by atoms with Crippen molar-refractivity contribution in [3.05, 3.63) is 111 Å². The Kier molecular flexibility index (Phi) is 7.69. The van der Waals surface area contributed by atoms with Crippen LogP contribution in [0.5, 0.6) is 28.7 Å². The number of hydrogen-bond acceptors (Lipinski definition) is 8. The summed E-state index contributed by atoms with van der Waals surface area (Å²) in [5.41, 5.74) is 2.71. The number of hydrogen-bond donors (Lipinski definition) is 1. The van der Waals surface area contributed by atoms with E-state index in [1.807, 2.05) is 36.4 Å². The number of ether oxygens (including phenoxy) is 4. The fourth-order valence-corrected chi connectivity index (χ4v) is 5.54. The van der Waals surface area contributed by atoms with Gasteiger partial charge >= 0.3 is 5.97 Å². The van der Waals surface area contributed by atoms with Gasteiger partial charge in [0, 0.05) is 34.6 Å². The van der Waals surface area contributed by atoms with Crippen molar-refractivity contribution < 1.29 is 33.3 Å². The first kappa shape index (κ1) is 28.2. The first-order valence-corrected chi connectivity index (χ1v) is 14.0. The first-order valence-electron chi connectivity index (χ1n) is 13.6. The Morgan fingerprint density at radius 3 is 2.47 bits per heavy atom. The molecule has 1 aliphatic rings. The number of phenolic OH excluding ortho intramolecular Hbond substituents is 1. The monoisotopic (exact) mass is 598 g/mol. The third-order valence-electron chi connectivity index (χ3n) is 7.53. The molecule has 0 spiro atoms. The Balaban J connectivity index is 1.43. The van der Waals surface area contributed by atoms with Gasteiger partial charge in [0.05, 0.1) is 32.8 Å². The van der Waals surface area contributed by atoms with E-state index in [4.69, 9.17) is 35.0 Å². The predicted molar refractivity (Wildman–Crippen MR) is 162 cm³/mol. The lowest BCUT2D eigenvalue weighted by atomic mass is 9.84. The zero-order valence-corrected chi connectivity index (χ0v) is 24.1. The van der Waals surface area contributed by atoms with Gasteiger partial charge in [-0.1, -0.05) is 48.0 Å². The number of phenols is 1. The largest absolute Gasteiger partial charge is 0.507 e. The lowest BCUT2D eigenvalue weighted by molar-refractivity contribution is -0.135. The van der Waals surface area contributed by atoms with Crippen LogP contribution >= 0.6 is 11.6 Å². The van der Waals surface area contributed by atoms with Crippen molar-refractivity contribution in [3.63, 3.8) is 0 Å². The highest BCUT2D eigenvalue weighted by Gasteiger charge is 2.36. The highest BCUT2D eigenvalue weighted by molar-refractivity contribution is 6.30. The molecule has 4 aromatic carbocycles. The predicted octanol–water partition coefficient (Wildman–Crippen LogP) is 6.90. The minimum Gasteiger partial charge on any atom is -0.507 e. The van der Waals surface area contributed by atoms with Crippen molar-refractivity contribution in [1.82, 2.24) is 0 Å². The molecule has 1 atom stereocenters. The maximum Gasteiger partial charge on any atom is 0.312 e. The molecule has 5 aromatic rings. The van der Waals surface area contributed by atoms with Gasteiger partial charge in [0.15, 0.2) is 11.5 Å². The van der Waals surface area contributed by atoms with Gasteiger partial charge in [-0.15, -0.1) is 0 Å². The van der Waals surface area contributed by atoms with Crippen molar-refractivity contribution >= 4 is 28.5 Å². The maximum atomic E-state index is 13.7. The van der Waals surface area contributed by atoms with Crippen LogP contribution in [0.1, 0.15) is 29.0 Å². The Hall–Kier alpha value is -4.95. The molecule has 0 saturated carbocycles. The molecule has 1 N–H and O–H groups in total. The molecule has 0 fully saturated rings. The van der Waals surface area contributed by atoms with E-state index in [1.54, 1.807) is 44.6 Å². The second-order valence-corrected chi connectivity index (χ2v) is 10.5. The Morgan fingerprint density at radius 2 is 1.74 bits per heavy atom. The molecule has 1 aromatic heterocycles. The van der Waals surface area contributed by atoms with Gasteiger partial charge in [0.25, 0.3) is 0 Å². The lowest BCUT2D eigenvalue weighted by Crippen LogP contribution is -2.22. The molecular weight excluding hydrogens is 572 g/mol. The van der Waals surface area contributed by atoms with Crippen molar-refractivity contribution in [2.45, 2.75) is 18.8 Å². The summed E-state index contributed by atoms with van der Waals surface area (Å²) >= 11 is 6.03. The molecule has 0 bridgehead atoms. The van der Waals surface area contributed by atoms with Gasteiger partial charge in [0.2, 0.25) is 5.43 Å². The van der Waals surface area contributed by atoms with Gasteiger partial charge < -0.3 is 28.5 Å². The first-order chi connectivity index (χ1) is 20.9. The third-order valence-corrected chi connectivity index (χ3v) is 7.78. The van der Waals surface area contributed by atoms with Crippen LogP contribution in [-0.4, -0.2) is 31.9 Å². The number of benzene rings is 4. The van der Waals surface area contributed by atoms with Crippen LogP contribution in [0.3, 0.4) is 0 Å². The molecule has 8 nitrogen and oxygen atoms in total. The average molecular weight is 599 g/mol. The van der Waals surface area contributed by atoms with Crippen LogP contribution in [0.4, 0.5) is 0 Å². The SMILES string of the molecule is COc1ccc(CCOc2c(OC)cccc2[C@@H]2CC(=O)Oc3cc(O)c4c(=O)c(-c5ccc(Cl)cc5)coc4c32)cc1. The van der Waals surface area contributed by atoms with Gasteiger partial charge in [-0.2, -0.15) is 0 Å². The van der Waals surface area contributed by atoms with Crippen molar-refractivity contribution in [1.29, 1.82) is 0 Å². The molecular formula is C34H27ClO8. The summed E-state index contributed by atoms with van der Waals surface area (Å²) in [6, 6.07) is 21.2. The van der Waals surface area contributed by atoms with Crippen LogP contribution in [-0.2, 0) is 11.2 Å². The number of fused-ring (bicyclic) bond motifs is 3. The number of para-hydroxylation sites is 1. The standard InChI is InChI=1S/C34H27ClO8/c1-39-22-12-6-19(7-13-22)14-15-41-33-23(4-3-5-27(33)40-2)24-16-29(37)43-28-17-26(36)31-32(38)25(18-42-34(31)30(24)28)20-8-10-21(35)11-9-20/h3-13,17-18,24,36H,14-16H2,1-2H3/t24-/m0/s1. The number of carbonyl (C=O) groups excluding carboxylic acids is 1. The van der Waals surface area contributed by atoms with Gasteiger partial charge in [-0.05, 0) is 41.5 Å². The fraction of sp³-hybridized carbons (Fsp3) is 0.176. The van der Waals surface area contributed by atoms with Gasteiger partial charge in [0.1, 0.15) is 34.5 Å². The van der Waals surface area contributed by atoms with E-state index in [1.165, 1.54) is 12.3 Å². The summed E-state index contributed by atoms with van der Waals surface area (Å²) in [5.74, 6) is 0.366. The molecule has 43 heavy (non-hydrogen) atoms. The molecule has 2 heterocycles. The van der Waals surface area contributed by atoms with Crippen LogP contribution in [0, 0.1) is 0 Å². The van der Waals surface area contributed by atoms with Crippen LogP contribution in [0.15, 0.2) is 88.3 Å². The highest BCUT2D eigenvalue weighted by Crippen LogP contribution is 2.49. The summed E-state index contributed by atoms with van der Waals surface area (Å²) in [7, 11) is 3.16. The number of esters is 1. The van der Waals surface area contributed by atoms with Crippen molar-refractivity contribution in [2.24, 2.45) is 0 Å². The molecule has 9 heteroatoms. The zero-order valence-electron chi connectivity index (χ0n) is 23.4. The normalized spacial score (nSPS) is 14.2. The van der Waals surface area contributed by atoms with Crippen molar-refractivity contribution in [2.75, 3.05) is 20.8 Å². The Labute approximate surface area is 252 Å². The molecule has 0 amide bonds. The van der Waals surface area contributed by atoms with Gasteiger partial charge in [-0.25, -0.2) is 0 Å². The third kappa shape index (κ3) is 5.37.